The van der Waals surface area contributed by atoms with E-state index in [9.17, 15) is 9.59 Å². The lowest BCUT2D eigenvalue weighted by Gasteiger charge is -2.26. The highest BCUT2D eigenvalue weighted by Gasteiger charge is 2.35. The maximum atomic E-state index is 13.3. The van der Waals surface area contributed by atoms with Gasteiger partial charge in [0.15, 0.2) is 0 Å². The molecule has 8 heteroatoms. The standard InChI is InChI=1S/C25H35N5O2S/c1-25(2,3)13-27-24-29-28-14-30(24)17-8-9-20-18(10-17)22(23(32)26-12-15-4-5-15)21(33-20)11-19(31)16-6-7-16/h14-17H,4-13H2,1-3H3,(H,26,32)(H,27,29)/t17-/m1/s1. The number of anilines is 1. The Balaban J connectivity index is 1.39. The Kier molecular flexibility index (Phi) is 6.05. The Hall–Kier alpha value is -2.22. The number of fused-ring (bicyclic) bond motifs is 1. The van der Waals surface area contributed by atoms with Crippen LogP contribution in [0.2, 0.25) is 0 Å². The summed E-state index contributed by atoms with van der Waals surface area (Å²) >= 11 is 1.69. The summed E-state index contributed by atoms with van der Waals surface area (Å²) in [5.41, 5.74) is 2.06. The molecule has 33 heavy (non-hydrogen) atoms. The summed E-state index contributed by atoms with van der Waals surface area (Å²) in [5.74, 6) is 1.94. The number of nitrogens with zero attached hydrogens (tertiary/aromatic N) is 3. The number of carbonyl (C=O) groups excluding carboxylic acids is 2. The third-order valence-electron chi connectivity index (χ3n) is 6.89. The third kappa shape index (κ3) is 5.31. The highest BCUT2D eigenvalue weighted by molar-refractivity contribution is 7.12. The minimum Gasteiger partial charge on any atom is -0.354 e. The first-order valence-corrected chi connectivity index (χ1v) is 13.2. The highest BCUT2D eigenvalue weighted by atomic mass is 32.1. The summed E-state index contributed by atoms with van der Waals surface area (Å²) in [6.45, 7) is 8.13. The molecule has 0 radical (unpaired) electrons. The molecule has 0 spiro atoms. The lowest BCUT2D eigenvalue weighted by molar-refractivity contribution is -0.119. The van der Waals surface area contributed by atoms with Gasteiger partial charge in [0.05, 0.1) is 5.56 Å². The average Bonchev–Trinajstić information content (AvgIpc) is 3.69. The molecule has 2 fully saturated rings. The maximum absolute atomic E-state index is 13.3. The van der Waals surface area contributed by atoms with Crippen LogP contribution in [-0.4, -0.2) is 39.5 Å². The molecular weight excluding hydrogens is 434 g/mol. The Morgan fingerprint density at radius 1 is 1.18 bits per heavy atom. The maximum Gasteiger partial charge on any atom is 0.252 e. The monoisotopic (exact) mass is 469 g/mol. The van der Waals surface area contributed by atoms with Gasteiger partial charge < -0.3 is 10.6 Å². The van der Waals surface area contributed by atoms with Crippen molar-refractivity contribution in [2.24, 2.45) is 17.3 Å². The van der Waals surface area contributed by atoms with Crippen molar-refractivity contribution < 1.29 is 9.59 Å². The minimum absolute atomic E-state index is 0.00786. The number of carbonyl (C=O) groups is 2. The van der Waals surface area contributed by atoms with Gasteiger partial charge in [-0.1, -0.05) is 20.8 Å². The Bertz CT molecular complexity index is 1040. The van der Waals surface area contributed by atoms with Crippen molar-refractivity contribution in [1.29, 1.82) is 0 Å². The van der Waals surface area contributed by atoms with Crippen LogP contribution in [0, 0.1) is 17.3 Å². The highest BCUT2D eigenvalue weighted by Crippen LogP contribution is 2.41. The Morgan fingerprint density at radius 2 is 1.97 bits per heavy atom. The summed E-state index contributed by atoms with van der Waals surface area (Å²) < 4.78 is 2.13. The van der Waals surface area contributed by atoms with E-state index < -0.39 is 0 Å². The van der Waals surface area contributed by atoms with Crippen LogP contribution in [-0.2, 0) is 24.1 Å². The number of aromatic nitrogens is 3. The molecule has 1 atom stereocenters. The molecular formula is C25H35N5O2S. The van der Waals surface area contributed by atoms with Gasteiger partial charge in [0, 0.05) is 41.2 Å². The van der Waals surface area contributed by atoms with Crippen LogP contribution in [0.1, 0.15) is 84.6 Å². The van der Waals surface area contributed by atoms with Crippen LogP contribution in [0.5, 0.6) is 0 Å². The zero-order chi connectivity index (χ0) is 23.2. The number of amides is 1. The second-order valence-electron chi connectivity index (χ2n) is 11.2. The van der Waals surface area contributed by atoms with Crippen LogP contribution in [0.3, 0.4) is 0 Å². The first kappa shape index (κ1) is 22.6. The average molecular weight is 470 g/mol. The van der Waals surface area contributed by atoms with Gasteiger partial charge in [-0.3, -0.25) is 14.2 Å². The van der Waals surface area contributed by atoms with Crippen molar-refractivity contribution in [2.75, 3.05) is 18.4 Å². The fourth-order valence-electron chi connectivity index (χ4n) is 4.58. The van der Waals surface area contributed by atoms with E-state index in [0.717, 1.165) is 67.1 Å². The number of nitrogens with one attached hydrogen (secondary N) is 2. The molecule has 0 aliphatic heterocycles. The second kappa shape index (κ2) is 8.85. The van der Waals surface area contributed by atoms with Crippen molar-refractivity contribution in [2.45, 2.75) is 78.2 Å². The quantitative estimate of drug-likeness (QED) is 0.575. The van der Waals surface area contributed by atoms with E-state index in [1.807, 2.05) is 0 Å². The predicted octanol–water partition coefficient (Wildman–Crippen LogP) is 4.19. The van der Waals surface area contributed by atoms with Gasteiger partial charge in [0.25, 0.3) is 5.91 Å². The molecule has 0 saturated heterocycles. The van der Waals surface area contributed by atoms with Crippen molar-refractivity contribution in [1.82, 2.24) is 20.1 Å². The number of hydrogen-bond acceptors (Lipinski definition) is 6. The summed E-state index contributed by atoms with van der Waals surface area (Å²) in [4.78, 5) is 28.2. The molecule has 5 rings (SSSR count). The van der Waals surface area contributed by atoms with E-state index in [-0.39, 0.29) is 23.3 Å². The van der Waals surface area contributed by atoms with E-state index in [2.05, 4.69) is 46.2 Å². The SMILES string of the molecule is CC(C)(C)CNc1nncn1[C@@H]1CCc2sc(CC(=O)C3CC3)c(C(=O)NCC3CC3)c2C1. The van der Waals surface area contributed by atoms with Gasteiger partial charge in [-0.05, 0) is 61.8 Å². The first-order valence-electron chi connectivity index (χ1n) is 12.4. The lowest BCUT2D eigenvalue weighted by Crippen LogP contribution is -2.29. The van der Waals surface area contributed by atoms with Gasteiger partial charge in [-0.25, -0.2) is 0 Å². The van der Waals surface area contributed by atoms with Gasteiger partial charge in [0.2, 0.25) is 5.95 Å². The molecule has 0 aromatic carbocycles. The van der Waals surface area contributed by atoms with Crippen LogP contribution in [0.4, 0.5) is 5.95 Å². The fourth-order valence-corrected chi connectivity index (χ4v) is 5.94. The van der Waals surface area contributed by atoms with Crippen LogP contribution in [0.25, 0.3) is 0 Å². The van der Waals surface area contributed by atoms with Gasteiger partial charge in [-0.2, -0.15) is 0 Å². The zero-order valence-corrected chi connectivity index (χ0v) is 20.8. The number of thiophene rings is 1. The normalized spacial score (nSPS) is 20.4. The molecule has 2 aromatic rings. The molecule has 2 N–H and O–H groups in total. The van der Waals surface area contributed by atoms with Gasteiger partial charge in [-0.15, -0.1) is 21.5 Å². The molecule has 178 valence electrons. The van der Waals surface area contributed by atoms with Crippen molar-refractivity contribution in [3.05, 3.63) is 27.2 Å². The van der Waals surface area contributed by atoms with E-state index >= 15 is 0 Å². The van der Waals surface area contributed by atoms with E-state index in [0.29, 0.717) is 18.1 Å². The fraction of sp³-hybridized carbons (Fsp3) is 0.680. The van der Waals surface area contributed by atoms with Gasteiger partial charge in [0.1, 0.15) is 12.1 Å². The van der Waals surface area contributed by atoms with Crippen LogP contribution in [0.15, 0.2) is 6.33 Å². The van der Waals surface area contributed by atoms with Crippen molar-refractivity contribution >= 4 is 29.0 Å². The molecule has 7 nitrogen and oxygen atoms in total. The minimum atomic E-state index is 0.00786. The summed E-state index contributed by atoms with van der Waals surface area (Å²) in [6, 6.07) is 0.200. The van der Waals surface area contributed by atoms with E-state index in [1.165, 1.54) is 17.7 Å². The van der Waals surface area contributed by atoms with Crippen molar-refractivity contribution in [3.8, 4) is 0 Å². The molecule has 3 aliphatic rings. The molecule has 0 unspecified atom stereocenters. The molecule has 2 heterocycles. The third-order valence-corrected chi connectivity index (χ3v) is 8.19. The number of hydrogen-bond donors (Lipinski definition) is 2. The Labute approximate surface area is 199 Å². The van der Waals surface area contributed by atoms with E-state index in [1.54, 1.807) is 17.7 Å². The number of ketones is 1. The van der Waals surface area contributed by atoms with Crippen LogP contribution < -0.4 is 10.6 Å². The molecule has 0 bridgehead atoms. The summed E-state index contributed by atoms with van der Waals surface area (Å²) in [5, 5.41) is 15.1. The number of Topliss-reactive ketones (excluding diaryl/α,β-unsaturated/α-hetero) is 1. The largest absolute Gasteiger partial charge is 0.354 e. The summed E-state index contributed by atoms with van der Waals surface area (Å²) in [7, 11) is 0. The van der Waals surface area contributed by atoms with Crippen LogP contribution >= 0.6 is 11.3 Å². The van der Waals surface area contributed by atoms with E-state index in [4.69, 9.17) is 0 Å². The van der Waals surface area contributed by atoms with Crippen molar-refractivity contribution in [3.63, 3.8) is 0 Å². The molecule has 1 amide bonds. The lowest BCUT2D eigenvalue weighted by atomic mass is 9.89. The number of aryl methyl sites for hydroxylation is 1. The number of rotatable bonds is 9. The topological polar surface area (TPSA) is 88.9 Å². The zero-order valence-electron chi connectivity index (χ0n) is 19.9. The predicted molar refractivity (Wildman–Crippen MR) is 130 cm³/mol. The summed E-state index contributed by atoms with van der Waals surface area (Å²) in [6.07, 6.45) is 9.31. The Morgan fingerprint density at radius 3 is 2.67 bits per heavy atom. The second-order valence-corrected chi connectivity index (χ2v) is 12.4. The van der Waals surface area contributed by atoms with Gasteiger partial charge >= 0.3 is 0 Å². The first-order chi connectivity index (χ1) is 15.8. The molecule has 2 aromatic heterocycles. The molecule has 2 saturated carbocycles. The molecule has 3 aliphatic carbocycles. The smallest absolute Gasteiger partial charge is 0.252 e.